The Labute approximate surface area is 151 Å². The summed E-state index contributed by atoms with van der Waals surface area (Å²) in [5, 5.41) is 16.4. The van der Waals surface area contributed by atoms with Crippen molar-refractivity contribution in [2.24, 2.45) is 0 Å². The van der Waals surface area contributed by atoms with E-state index in [1.165, 1.54) is 12.1 Å². The molecule has 0 spiro atoms. The first-order valence-electron chi connectivity index (χ1n) is 8.27. The first-order valence-corrected chi connectivity index (χ1v) is 8.27. The highest BCUT2D eigenvalue weighted by atomic mass is 16.5. The molecule has 0 fully saturated rings. The summed E-state index contributed by atoms with van der Waals surface area (Å²) >= 11 is 0. The van der Waals surface area contributed by atoms with E-state index in [-0.39, 0.29) is 5.56 Å². The second kappa shape index (κ2) is 8.26. The molecule has 0 radical (unpaired) electrons. The van der Waals surface area contributed by atoms with Gasteiger partial charge in [-0.25, -0.2) is 9.78 Å². The number of methoxy groups -OCH3 is 1. The highest BCUT2D eigenvalue weighted by molar-refractivity contribution is 5.90. The Morgan fingerprint density at radius 2 is 1.88 bits per heavy atom. The summed E-state index contributed by atoms with van der Waals surface area (Å²) in [4.78, 5) is 20.0. The summed E-state index contributed by atoms with van der Waals surface area (Å²) in [5.41, 5.74) is 1.77. The number of anilines is 3. The lowest BCUT2D eigenvalue weighted by atomic mass is 10.2. The smallest absolute Gasteiger partial charge is 0.335 e. The van der Waals surface area contributed by atoms with Gasteiger partial charge in [-0.15, -0.1) is 0 Å². The number of aromatic nitrogens is 2. The van der Waals surface area contributed by atoms with Crippen LogP contribution in [0.15, 0.2) is 48.5 Å². The maximum Gasteiger partial charge on any atom is 0.335 e. The van der Waals surface area contributed by atoms with Gasteiger partial charge in [-0.05, 0) is 42.8 Å². The number of carbonyl (C=O) groups is 1. The highest BCUT2D eigenvalue weighted by Gasteiger charge is 2.08. The van der Waals surface area contributed by atoms with Gasteiger partial charge in [0.25, 0.3) is 0 Å². The van der Waals surface area contributed by atoms with Crippen LogP contribution in [0.25, 0.3) is 10.9 Å². The highest BCUT2D eigenvalue weighted by Crippen LogP contribution is 2.23. The number of nitrogens with one attached hydrogen (secondary N) is 2. The average molecular weight is 352 g/mol. The summed E-state index contributed by atoms with van der Waals surface area (Å²) in [7, 11) is 1.68. The largest absolute Gasteiger partial charge is 0.478 e. The van der Waals surface area contributed by atoms with Crippen molar-refractivity contribution in [3.63, 3.8) is 0 Å². The third-order valence-corrected chi connectivity index (χ3v) is 3.81. The van der Waals surface area contributed by atoms with Crippen molar-refractivity contribution in [3.05, 3.63) is 54.1 Å². The van der Waals surface area contributed by atoms with E-state index in [9.17, 15) is 4.79 Å². The molecule has 2 aromatic carbocycles. The van der Waals surface area contributed by atoms with Crippen LogP contribution in [0, 0.1) is 0 Å². The van der Waals surface area contributed by atoms with E-state index < -0.39 is 5.97 Å². The van der Waals surface area contributed by atoms with Crippen LogP contribution in [0.2, 0.25) is 0 Å². The fourth-order valence-corrected chi connectivity index (χ4v) is 2.52. The number of hydrogen-bond donors (Lipinski definition) is 3. The standard InChI is InChI=1S/C19H20N4O3/c1-26-12-4-11-20-17-15-5-2-3-6-16(15)22-19(23-17)21-14-9-7-13(8-10-14)18(24)25/h2-3,5-10H,4,11-12H2,1H3,(H,24,25)(H2,20,21,22,23). The Kier molecular flexibility index (Phi) is 5.60. The minimum Gasteiger partial charge on any atom is -0.478 e. The van der Waals surface area contributed by atoms with E-state index >= 15 is 0 Å². The van der Waals surface area contributed by atoms with E-state index in [2.05, 4.69) is 20.6 Å². The molecule has 26 heavy (non-hydrogen) atoms. The second-order valence-corrected chi connectivity index (χ2v) is 5.69. The number of benzene rings is 2. The molecule has 134 valence electrons. The second-order valence-electron chi connectivity index (χ2n) is 5.69. The van der Waals surface area contributed by atoms with E-state index in [4.69, 9.17) is 9.84 Å². The van der Waals surface area contributed by atoms with Crippen LogP contribution in [-0.2, 0) is 4.74 Å². The van der Waals surface area contributed by atoms with E-state index in [1.54, 1.807) is 19.2 Å². The summed E-state index contributed by atoms with van der Waals surface area (Å²) in [5.74, 6) is 0.235. The Morgan fingerprint density at radius 1 is 1.12 bits per heavy atom. The fraction of sp³-hybridized carbons (Fsp3) is 0.211. The molecule has 0 bridgehead atoms. The van der Waals surface area contributed by atoms with Crippen LogP contribution in [-0.4, -0.2) is 41.3 Å². The van der Waals surface area contributed by atoms with Gasteiger partial charge < -0.3 is 20.5 Å². The maximum atomic E-state index is 10.9. The summed E-state index contributed by atoms with van der Waals surface area (Å²) in [6.07, 6.45) is 0.869. The lowest BCUT2D eigenvalue weighted by Gasteiger charge is -2.12. The topological polar surface area (TPSA) is 96.4 Å². The van der Waals surface area contributed by atoms with Crippen LogP contribution in [0.1, 0.15) is 16.8 Å². The van der Waals surface area contributed by atoms with E-state index in [0.29, 0.717) is 12.6 Å². The number of rotatable bonds is 8. The predicted octanol–water partition coefficient (Wildman–Crippen LogP) is 3.52. The molecule has 0 aliphatic carbocycles. The maximum absolute atomic E-state index is 10.9. The Morgan fingerprint density at radius 3 is 2.62 bits per heavy atom. The Bertz CT molecular complexity index is 897. The molecule has 0 saturated carbocycles. The van der Waals surface area contributed by atoms with Crippen LogP contribution in [0.5, 0.6) is 0 Å². The molecule has 1 aromatic heterocycles. The molecule has 3 aromatic rings. The molecule has 0 amide bonds. The van der Waals surface area contributed by atoms with Crippen LogP contribution >= 0.6 is 0 Å². The number of fused-ring (bicyclic) bond motifs is 1. The summed E-state index contributed by atoms with van der Waals surface area (Å²) in [6.45, 7) is 1.42. The zero-order valence-corrected chi connectivity index (χ0v) is 14.4. The molecule has 1 heterocycles. The van der Waals surface area contributed by atoms with Crippen LogP contribution < -0.4 is 10.6 Å². The third-order valence-electron chi connectivity index (χ3n) is 3.81. The molecule has 3 rings (SSSR count). The molecule has 0 saturated heterocycles. The normalized spacial score (nSPS) is 10.7. The summed E-state index contributed by atoms with van der Waals surface area (Å²) < 4.78 is 5.07. The molecular formula is C19H20N4O3. The van der Waals surface area contributed by atoms with Gasteiger partial charge in [0.15, 0.2) is 0 Å². The van der Waals surface area contributed by atoms with Crippen LogP contribution in [0.4, 0.5) is 17.5 Å². The molecular weight excluding hydrogens is 332 g/mol. The number of nitrogens with zero attached hydrogens (tertiary/aromatic N) is 2. The van der Waals surface area contributed by atoms with E-state index in [1.807, 2.05) is 24.3 Å². The quantitative estimate of drug-likeness (QED) is 0.534. The number of ether oxygens (including phenoxy) is 1. The third kappa shape index (κ3) is 4.25. The SMILES string of the molecule is COCCCNc1nc(Nc2ccc(C(=O)O)cc2)nc2ccccc12. The van der Waals surface area contributed by atoms with Crippen molar-refractivity contribution >= 4 is 34.3 Å². The number of carboxylic acids is 1. The zero-order valence-electron chi connectivity index (χ0n) is 14.4. The Hall–Kier alpha value is -3.19. The van der Waals surface area contributed by atoms with Gasteiger partial charge in [0, 0.05) is 31.3 Å². The van der Waals surface area contributed by atoms with Crippen molar-refractivity contribution in [2.45, 2.75) is 6.42 Å². The molecule has 0 aliphatic heterocycles. The molecule has 0 atom stereocenters. The lowest BCUT2D eigenvalue weighted by Crippen LogP contribution is -2.08. The van der Waals surface area contributed by atoms with Gasteiger partial charge in [0.2, 0.25) is 5.95 Å². The van der Waals surface area contributed by atoms with Gasteiger partial charge in [0.1, 0.15) is 5.82 Å². The molecule has 0 unspecified atom stereocenters. The predicted molar refractivity (Wildman–Crippen MR) is 101 cm³/mol. The number of para-hydroxylation sites is 1. The number of hydrogen-bond acceptors (Lipinski definition) is 6. The lowest BCUT2D eigenvalue weighted by molar-refractivity contribution is 0.0697. The van der Waals surface area contributed by atoms with Crippen molar-refractivity contribution in [2.75, 3.05) is 30.9 Å². The van der Waals surface area contributed by atoms with Crippen molar-refractivity contribution in [1.29, 1.82) is 0 Å². The van der Waals surface area contributed by atoms with Crippen molar-refractivity contribution in [1.82, 2.24) is 9.97 Å². The van der Waals surface area contributed by atoms with Gasteiger partial charge >= 0.3 is 5.97 Å². The molecule has 0 aliphatic rings. The fourth-order valence-electron chi connectivity index (χ4n) is 2.52. The number of carboxylic acid groups (broad SMARTS) is 1. The monoisotopic (exact) mass is 352 g/mol. The first kappa shape index (κ1) is 17.6. The van der Waals surface area contributed by atoms with Gasteiger partial charge in [-0.1, -0.05) is 12.1 Å². The van der Waals surface area contributed by atoms with Crippen LogP contribution in [0.3, 0.4) is 0 Å². The van der Waals surface area contributed by atoms with Gasteiger partial charge in [0.05, 0.1) is 11.1 Å². The van der Waals surface area contributed by atoms with Crippen molar-refractivity contribution < 1.29 is 14.6 Å². The Balaban J connectivity index is 1.84. The number of aromatic carboxylic acids is 1. The molecule has 7 nitrogen and oxygen atoms in total. The molecule has 3 N–H and O–H groups in total. The minimum atomic E-state index is -0.957. The van der Waals surface area contributed by atoms with E-state index in [0.717, 1.165) is 35.4 Å². The first-order chi connectivity index (χ1) is 12.7. The molecule has 7 heteroatoms. The van der Waals surface area contributed by atoms with Crippen molar-refractivity contribution in [3.8, 4) is 0 Å². The van der Waals surface area contributed by atoms with Gasteiger partial charge in [-0.2, -0.15) is 4.98 Å². The minimum absolute atomic E-state index is 0.232. The zero-order chi connectivity index (χ0) is 18.4. The van der Waals surface area contributed by atoms with Gasteiger partial charge in [-0.3, -0.25) is 0 Å². The summed E-state index contributed by atoms with van der Waals surface area (Å²) in [6, 6.07) is 14.2. The average Bonchev–Trinajstić information content (AvgIpc) is 2.65.